The number of H-pyrrole nitrogens is 1. The second-order valence-corrected chi connectivity index (χ2v) is 5.89. The molecule has 1 N–H and O–H groups in total. The number of rotatable bonds is 3. The molecule has 3 aromatic rings. The van der Waals surface area contributed by atoms with Crippen molar-refractivity contribution in [1.29, 1.82) is 0 Å². The second-order valence-electron chi connectivity index (χ2n) is 4.65. The van der Waals surface area contributed by atoms with E-state index in [1.165, 1.54) is 6.07 Å². The lowest BCUT2D eigenvalue weighted by Crippen LogP contribution is -1.96. The van der Waals surface area contributed by atoms with E-state index in [2.05, 4.69) is 20.9 Å². The minimum Gasteiger partial charge on any atom is -0.380 e. The van der Waals surface area contributed by atoms with Crippen molar-refractivity contribution in [3.63, 3.8) is 0 Å². The lowest BCUT2D eigenvalue weighted by atomic mass is 10.2. The summed E-state index contributed by atoms with van der Waals surface area (Å²) in [5.74, 6) is -0.321. The predicted molar refractivity (Wildman–Crippen MR) is 86.8 cm³/mol. The van der Waals surface area contributed by atoms with Crippen molar-refractivity contribution in [2.45, 2.75) is 6.61 Å². The molecule has 0 saturated carbocycles. The van der Waals surface area contributed by atoms with E-state index in [0.717, 1.165) is 16.8 Å². The van der Waals surface area contributed by atoms with Gasteiger partial charge in [0.25, 0.3) is 0 Å². The maximum absolute atomic E-state index is 13.8. The van der Waals surface area contributed by atoms with E-state index < -0.39 is 0 Å². The lowest BCUT2D eigenvalue weighted by Gasteiger charge is -2.07. The Labute approximate surface area is 134 Å². The Balaban J connectivity index is 2.24. The Morgan fingerprint density at radius 1 is 1.33 bits per heavy atom. The van der Waals surface area contributed by atoms with E-state index in [0.29, 0.717) is 21.4 Å². The topological polar surface area (TPSA) is 29.9 Å². The highest BCUT2D eigenvalue weighted by Crippen LogP contribution is 2.26. The molecule has 21 heavy (non-hydrogen) atoms. The minimum absolute atomic E-state index is 0.321. The van der Waals surface area contributed by atoms with Gasteiger partial charge in [0.2, 0.25) is 0 Å². The van der Waals surface area contributed by atoms with Crippen LogP contribution in [-0.2, 0) is 11.3 Å². The highest BCUT2D eigenvalue weighted by atomic mass is 79.9. The third-order valence-corrected chi connectivity index (χ3v) is 4.10. The van der Waals surface area contributed by atoms with E-state index >= 15 is 0 Å². The first kappa shape index (κ1) is 14.4. The smallest absolute Gasteiger partial charge is 0.182 e. The molecule has 0 aliphatic carbocycles. The highest BCUT2D eigenvalue weighted by molar-refractivity contribution is 9.10. The fourth-order valence-electron chi connectivity index (χ4n) is 2.31. The molecular formula is C15H12BrFN2OS. The second kappa shape index (κ2) is 5.71. The highest BCUT2D eigenvalue weighted by Gasteiger charge is 2.10. The SMILES string of the molecule is COCc1cccc(-n2c(=S)[nH]c3cc(Br)c(F)cc32)c1. The number of halogens is 2. The summed E-state index contributed by atoms with van der Waals surface area (Å²) < 4.78 is 21.7. The summed E-state index contributed by atoms with van der Waals surface area (Å²) in [5.41, 5.74) is 3.40. The summed E-state index contributed by atoms with van der Waals surface area (Å²) in [6, 6.07) is 11.0. The Morgan fingerprint density at radius 3 is 2.90 bits per heavy atom. The summed E-state index contributed by atoms with van der Waals surface area (Å²) in [6.45, 7) is 0.517. The van der Waals surface area contributed by atoms with Gasteiger partial charge in [-0.1, -0.05) is 12.1 Å². The molecule has 0 atom stereocenters. The van der Waals surface area contributed by atoms with E-state index in [4.69, 9.17) is 17.0 Å². The molecule has 0 aliphatic heterocycles. The molecule has 0 bridgehead atoms. The Morgan fingerprint density at radius 2 is 2.14 bits per heavy atom. The number of ether oxygens (including phenoxy) is 1. The van der Waals surface area contributed by atoms with Gasteiger partial charge in [0.15, 0.2) is 4.77 Å². The van der Waals surface area contributed by atoms with Crippen molar-refractivity contribution in [3.8, 4) is 5.69 Å². The van der Waals surface area contributed by atoms with Crippen molar-refractivity contribution in [2.24, 2.45) is 0 Å². The molecular weight excluding hydrogens is 355 g/mol. The van der Waals surface area contributed by atoms with Gasteiger partial charge in [0.1, 0.15) is 5.82 Å². The molecule has 0 spiro atoms. The maximum atomic E-state index is 13.8. The average Bonchev–Trinajstić information content (AvgIpc) is 2.75. The van der Waals surface area contributed by atoms with E-state index in [1.54, 1.807) is 13.2 Å². The zero-order valence-electron chi connectivity index (χ0n) is 11.2. The number of imidazole rings is 1. The summed E-state index contributed by atoms with van der Waals surface area (Å²) in [4.78, 5) is 3.09. The van der Waals surface area contributed by atoms with Gasteiger partial charge in [0, 0.05) is 18.9 Å². The van der Waals surface area contributed by atoms with Crippen LogP contribution in [0.2, 0.25) is 0 Å². The number of aromatic nitrogens is 2. The van der Waals surface area contributed by atoms with Crippen molar-refractivity contribution >= 4 is 39.2 Å². The number of hydrogen-bond donors (Lipinski definition) is 1. The molecule has 0 saturated heterocycles. The van der Waals surface area contributed by atoms with Gasteiger partial charge in [0.05, 0.1) is 22.1 Å². The summed E-state index contributed by atoms with van der Waals surface area (Å²) >= 11 is 8.55. The number of benzene rings is 2. The van der Waals surface area contributed by atoms with E-state index in [9.17, 15) is 4.39 Å². The molecule has 0 unspecified atom stereocenters. The fraction of sp³-hybridized carbons (Fsp3) is 0.133. The molecule has 1 heterocycles. The third-order valence-electron chi connectivity index (χ3n) is 3.20. The molecule has 1 aromatic heterocycles. The number of aromatic amines is 1. The van der Waals surface area contributed by atoms with Gasteiger partial charge in [-0.3, -0.25) is 4.57 Å². The molecule has 0 amide bonds. The van der Waals surface area contributed by atoms with E-state index in [1.807, 2.05) is 28.8 Å². The van der Waals surface area contributed by atoms with Crippen molar-refractivity contribution in [3.05, 3.63) is 57.0 Å². The summed E-state index contributed by atoms with van der Waals surface area (Å²) in [7, 11) is 1.65. The van der Waals surface area contributed by atoms with Gasteiger partial charge in [-0.15, -0.1) is 0 Å². The molecule has 0 radical (unpaired) electrons. The first-order chi connectivity index (χ1) is 10.1. The molecule has 3 rings (SSSR count). The monoisotopic (exact) mass is 366 g/mol. The Bertz CT molecular complexity index is 872. The standard InChI is InChI=1S/C15H12BrFN2OS/c1-20-8-9-3-2-4-10(5-9)19-14-7-12(17)11(16)6-13(14)18-15(19)21/h2-7H,8H2,1H3,(H,18,21). The van der Waals surface area contributed by atoms with Crippen LogP contribution in [0.25, 0.3) is 16.7 Å². The lowest BCUT2D eigenvalue weighted by molar-refractivity contribution is 0.185. The van der Waals surface area contributed by atoms with Crippen molar-refractivity contribution in [2.75, 3.05) is 7.11 Å². The Hall–Kier alpha value is -1.50. The first-order valence-electron chi connectivity index (χ1n) is 6.28. The number of hydrogen-bond acceptors (Lipinski definition) is 2. The third kappa shape index (κ3) is 2.66. The quantitative estimate of drug-likeness (QED) is 0.678. The summed E-state index contributed by atoms with van der Waals surface area (Å²) in [5, 5.41) is 0. The first-order valence-corrected chi connectivity index (χ1v) is 7.48. The zero-order chi connectivity index (χ0) is 15.0. The summed E-state index contributed by atoms with van der Waals surface area (Å²) in [6.07, 6.45) is 0. The van der Waals surface area contributed by atoms with Crippen LogP contribution in [0, 0.1) is 10.6 Å². The maximum Gasteiger partial charge on any atom is 0.182 e. The number of fused-ring (bicyclic) bond motifs is 1. The van der Waals surface area contributed by atoms with Gasteiger partial charge in [-0.2, -0.15) is 0 Å². The van der Waals surface area contributed by atoms with E-state index in [-0.39, 0.29) is 5.82 Å². The molecule has 0 aliphatic rings. The van der Waals surface area contributed by atoms with Crippen LogP contribution in [0.15, 0.2) is 40.9 Å². The van der Waals surface area contributed by atoms with Gasteiger partial charge in [-0.05, 0) is 51.9 Å². The largest absolute Gasteiger partial charge is 0.380 e. The number of nitrogens with one attached hydrogen (secondary N) is 1. The normalized spacial score (nSPS) is 11.2. The number of methoxy groups -OCH3 is 1. The van der Waals surface area contributed by atoms with Crippen LogP contribution in [0.1, 0.15) is 5.56 Å². The minimum atomic E-state index is -0.321. The van der Waals surface area contributed by atoms with Crippen molar-refractivity contribution in [1.82, 2.24) is 9.55 Å². The zero-order valence-corrected chi connectivity index (χ0v) is 13.6. The van der Waals surface area contributed by atoms with Crippen LogP contribution in [0.4, 0.5) is 4.39 Å². The van der Waals surface area contributed by atoms with Crippen LogP contribution >= 0.6 is 28.1 Å². The van der Waals surface area contributed by atoms with Gasteiger partial charge < -0.3 is 9.72 Å². The predicted octanol–water partition coefficient (Wildman–Crippen LogP) is 4.74. The van der Waals surface area contributed by atoms with Crippen molar-refractivity contribution < 1.29 is 9.13 Å². The Kier molecular flexibility index (Phi) is 3.93. The molecule has 2 aromatic carbocycles. The van der Waals surface area contributed by atoms with Crippen LogP contribution in [0.3, 0.4) is 0 Å². The molecule has 6 heteroatoms. The average molecular weight is 367 g/mol. The fourth-order valence-corrected chi connectivity index (χ4v) is 2.97. The molecule has 3 nitrogen and oxygen atoms in total. The number of nitrogens with zero attached hydrogens (tertiary/aromatic N) is 1. The van der Waals surface area contributed by atoms with Gasteiger partial charge in [-0.25, -0.2) is 4.39 Å². The van der Waals surface area contributed by atoms with Crippen LogP contribution in [-0.4, -0.2) is 16.7 Å². The van der Waals surface area contributed by atoms with Gasteiger partial charge >= 0.3 is 0 Å². The van der Waals surface area contributed by atoms with Crippen LogP contribution in [0.5, 0.6) is 0 Å². The molecule has 108 valence electrons. The molecule has 0 fully saturated rings. The van der Waals surface area contributed by atoms with Crippen LogP contribution < -0.4 is 0 Å².